The van der Waals surface area contributed by atoms with Gasteiger partial charge in [0.25, 0.3) is 5.69 Å². The fraction of sp³-hybridized carbons (Fsp3) is 0.278. The van der Waals surface area contributed by atoms with Gasteiger partial charge in [-0.3, -0.25) is 10.1 Å². The molecule has 0 aliphatic carbocycles. The van der Waals surface area contributed by atoms with Crippen LogP contribution in [0.3, 0.4) is 0 Å². The lowest BCUT2D eigenvalue weighted by Crippen LogP contribution is -2.37. The molecule has 0 unspecified atom stereocenters. The fourth-order valence-electron chi connectivity index (χ4n) is 6.12. The number of rotatable bonds is 11. The van der Waals surface area contributed by atoms with Crippen LogP contribution in [0.25, 0.3) is 11.3 Å². The molecule has 0 spiro atoms. The Bertz CT molecular complexity index is 1870. The highest BCUT2D eigenvalue weighted by atomic mass is 16.6. The van der Waals surface area contributed by atoms with Gasteiger partial charge in [0.1, 0.15) is 17.3 Å². The summed E-state index contributed by atoms with van der Waals surface area (Å²) < 4.78 is 16.3. The number of benzene rings is 3. The first-order chi connectivity index (χ1) is 24.0. The molecule has 2 aliphatic rings. The summed E-state index contributed by atoms with van der Waals surface area (Å²) in [7, 11) is 3.31. The van der Waals surface area contributed by atoms with Gasteiger partial charge in [-0.2, -0.15) is 4.98 Å². The van der Waals surface area contributed by atoms with E-state index in [2.05, 4.69) is 9.80 Å². The lowest BCUT2D eigenvalue weighted by atomic mass is 10.1. The highest BCUT2D eigenvalue weighted by Gasteiger charge is 2.30. The van der Waals surface area contributed by atoms with Crippen molar-refractivity contribution in [2.24, 2.45) is 0 Å². The van der Waals surface area contributed by atoms with Crippen LogP contribution in [0.1, 0.15) is 16.7 Å². The second-order valence-corrected chi connectivity index (χ2v) is 11.8. The van der Waals surface area contributed by atoms with E-state index in [1.807, 2.05) is 71.9 Å². The van der Waals surface area contributed by atoms with E-state index in [0.717, 1.165) is 45.3 Å². The zero-order valence-electron chi connectivity index (χ0n) is 27.4. The number of aromatic nitrogens is 4. The van der Waals surface area contributed by atoms with Gasteiger partial charge in [0.15, 0.2) is 0 Å². The van der Waals surface area contributed by atoms with Crippen LogP contribution in [0.15, 0.2) is 85.2 Å². The molecular weight excluding hydrogens is 624 g/mol. The summed E-state index contributed by atoms with van der Waals surface area (Å²) in [5, 5.41) is 11.6. The molecule has 7 rings (SSSR count). The quantitative estimate of drug-likeness (QED) is 0.129. The van der Waals surface area contributed by atoms with Gasteiger partial charge in [0, 0.05) is 74.1 Å². The highest BCUT2D eigenvalue weighted by Crippen LogP contribution is 2.40. The monoisotopic (exact) mass is 660 g/mol. The molecular formula is C36H36N8O5. The molecule has 0 bridgehead atoms. The summed E-state index contributed by atoms with van der Waals surface area (Å²) in [6.45, 7) is 4.27. The number of nitrogens with zero attached hydrogens (tertiary/aromatic N) is 8. The standard InChI is InChI=1S/C36H36N8O5/c1-47-30-10-6-25(7-11-30)23-42(24-26-8-12-31(48-2)13-9-26)35-37-21-27(22-38-35)33-32-14-15-43(28-4-3-5-29(20-28)44(45)46)34(32)40-36(39-33)41-16-18-49-19-17-41/h3-13,20-22H,14-19,23-24H2,1-2H3. The summed E-state index contributed by atoms with van der Waals surface area (Å²) in [6.07, 6.45) is 4.30. The number of nitro benzene ring substituents is 1. The third-order valence-electron chi connectivity index (χ3n) is 8.72. The highest BCUT2D eigenvalue weighted by molar-refractivity contribution is 5.77. The zero-order chi connectivity index (χ0) is 33.7. The van der Waals surface area contributed by atoms with E-state index in [1.54, 1.807) is 26.4 Å². The second-order valence-electron chi connectivity index (χ2n) is 11.8. The predicted molar refractivity (Wildman–Crippen MR) is 186 cm³/mol. The van der Waals surface area contributed by atoms with Gasteiger partial charge in [-0.25, -0.2) is 15.0 Å². The molecule has 4 heterocycles. The Labute approximate surface area is 283 Å². The summed E-state index contributed by atoms with van der Waals surface area (Å²) in [5.41, 5.74) is 5.40. The molecule has 250 valence electrons. The third-order valence-corrected chi connectivity index (χ3v) is 8.72. The Hall–Kier alpha value is -5.82. The number of hydrogen-bond donors (Lipinski definition) is 0. The van der Waals surface area contributed by atoms with E-state index in [0.29, 0.717) is 69.9 Å². The van der Waals surface area contributed by atoms with E-state index in [4.69, 9.17) is 34.1 Å². The minimum Gasteiger partial charge on any atom is -0.497 e. The normalized spacial score (nSPS) is 14.0. The Morgan fingerprint density at radius 3 is 2.08 bits per heavy atom. The Morgan fingerprint density at radius 1 is 0.857 bits per heavy atom. The van der Waals surface area contributed by atoms with Gasteiger partial charge in [-0.1, -0.05) is 30.3 Å². The first-order valence-electron chi connectivity index (χ1n) is 16.1. The molecule has 0 atom stereocenters. The van der Waals surface area contributed by atoms with E-state index < -0.39 is 0 Å². The van der Waals surface area contributed by atoms with Gasteiger partial charge in [0.2, 0.25) is 11.9 Å². The third kappa shape index (κ3) is 6.92. The molecule has 13 nitrogen and oxygen atoms in total. The molecule has 2 aliphatic heterocycles. The van der Waals surface area contributed by atoms with Crippen molar-refractivity contribution in [1.29, 1.82) is 0 Å². The first kappa shape index (κ1) is 31.8. The van der Waals surface area contributed by atoms with Crippen LogP contribution < -0.4 is 24.2 Å². The maximum atomic E-state index is 11.6. The van der Waals surface area contributed by atoms with Gasteiger partial charge in [-0.05, 0) is 47.9 Å². The number of anilines is 4. The smallest absolute Gasteiger partial charge is 0.271 e. The zero-order valence-corrected chi connectivity index (χ0v) is 27.4. The topological polar surface area (TPSA) is 132 Å². The summed E-state index contributed by atoms with van der Waals surface area (Å²) >= 11 is 0. The molecule has 49 heavy (non-hydrogen) atoms. The van der Waals surface area contributed by atoms with Crippen LogP contribution in [0.2, 0.25) is 0 Å². The van der Waals surface area contributed by atoms with Crippen LogP contribution in [0.5, 0.6) is 11.5 Å². The Morgan fingerprint density at radius 2 is 1.49 bits per heavy atom. The van der Waals surface area contributed by atoms with Crippen LogP contribution in [0.4, 0.5) is 29.1 Å². The molecule has 1 saturated heterocycles. The van der Waals surface area contributed by atoms with Crippen molar-refractivity contribution >= 4 is 29.1 Å². The van der Waals surface area contributed by atoms with E-state index in [9.17, 15) is 10.1 Å². The van der Waals surface area contributed by atoms with E-state index >= 15 is 0 Å². The van der Waals surface area contributed by atoms with Crippen molar-refractivity contribution in [1.82, 2.24) is 19.9 Å². The van der Waals surface area contributed by atoms with Crippen molar-refractivity contribution in [2.75, 3.05) is 61.8 Å². The molecule has 0 amide bonds. The van der Waals surface area contributed by atoms with E-state index in [1.165, 1.54) is 6.07 Å². The first-order valence-corrected chi connectivity index (χ1v) is 16.1. The number of fused-ring (bicyclic) bond motifs is 1. The number of nitro groups is 1. The average molecular weight is 661 g/mol. The molecule has 1 fully saturated rings. The maximum absolute atomic E-state index is 11.6. The van der Waals surface area contributed by atoms with Crippen molar-refractivity contribution in [2.45, 2.75) is 19.5 Å². The number of hydrogen-bond acceptors (Lipinski definition) is 12. The molecule has 0 radical (unpaired) electrons. The lowest BCUT2D eigenvalue weighted by Gasteiger charge is -2.28. The van der Waals surface area contributed by atoms with Crippen LogP contribution in [0, 0.1) is 10.1 Å². The lowest BCUT2D eigenvalue weighted by molar-refractivity contribution is -0.384. The average Bonchev–Trinajstić information content (AvgIpc) is 3.59. The van der Waals surface area contributed by atoms with Crippen LogP contribution in [-0.2, 0) is 24.2 Å². The van der Waals surface area contributed by atoms with Gasteiger partial charge in [0.05, 0.1) is 38.1 Å². The summed E-state index contributed by atoms with van der Waals surface area (Å²) in [5.74, 6) is 3.48. The predicted octanol–water partition coefficient (Wildman–Crippen LogP) is 5.60. The second kappa shape index (κ2) is 14.1. The minimum absolute atomic E-state index is 0.0338. The summed E-state index contributed by atoms with van der Waals surface area (Å²) in [6, 6.07) is 22.6. The number of non-ortho nitro benzene ring substituents is 1. The van der Waals surface area contributed by atoms with Crippen molar-refractivity contribution < 1.29 is 19.1 Å². The SMILES string of the molecule is COc1ccc(CN(Cc2ccc(OC)cc2)c2ncc(-c3nc(N4CCOCC4)nc4c3CCN4c3cccc([N+](=O)[O-])c3)cn2)cc1. The number of methoxy groups -OCH3 is 2. The van der Waals surface area contributed by atoms with Gasteiger partial charge >= 0.3 is 0 Å². The van der Waals surface area contributed by atoms with Crippen molar-refractivity contribution in [3.05, 3.63) is 112 Å². The molecule has 2 aromatic heterocycles. The van der Waals surface area contributed by atoms with Crippen LogP contribution >= 0.6 is 0 Å². The Balaban J connectivity index is 1.24. The van der Waals surface area contributed by atoms with Gasteiger partial charge in [-0.15, -0.1) is 0 Å². The molecule has 0 N–H and O–H groups in total. The Kier molecular flexibility index (Phi) is 9.15. The fourth-order valence-corrected chi connectivity index (χ4v) is 6.12. The molecule has 13 heteroatoms. The summed E-state index contributed by atoms with van der Waals surface area (Å²) in [4.78, 5) is 37.3. The maximum Gasteiger partial charge on any atom is 0.271 e. The van der Waals surface area contributed by atoms with Crippen molar-refractivity contribution in [3.8, 4) is 22.8 Å². The van der Waals surface area contributed by atoms with E-state index in [-0.39, 0.29) is 10.6 Å². The number of morpholine rings is 1. The molecule has 3 aromatic carbocycles. The van der Waals surface area contributed by atoms with Gasteiger partial charge < -0.3 is 28.9 Å². The van der Waals surface area contributed by atoms with Crippen molar-refractivity contribution in [3.63, 3.8) is 0 Å². The largest absolute Gasteiger partial charge is 0.497 e. The molecule has 5 aromatic rings. The van der Waals surface area contributed by atoms with Crippen LogP contribution in [-0.4, -0.2) is 71.9 Å². The minimum atomic E-state index is -0.378. The number of ether oxygens (including phenoxy) is 3. The molecule has 0 saturated carbocycles.